The fraction of sp³-hybridized carbons (Fsp3) is 0.381. The topological polar surface area (TPSA) is 32.8 Å². The zero-order chi connectivity index (χ0) is 18.5. The lowest BCUT2D eigenvalue weighted by Gasteiger charge is -2.25. The van der Waals surface area contributed by atoms with E-state index >= 15 is 0 Å². The number of nitrogens with zero attached hydrogens (tertiary/aromatic N) is 2. The van der Waals surface area contributed by atoms with Gasteiger partial charge in [-0.05, 0) is 36.6 Å². The lowest BCUT2D eigenvalue weighted by atomic mass is 10.2. The van der Waals surface area contributed by atoms with Gasteiger partial charge in [-0.25, -0.2) is 4.39 Å². The average molecular weight is 356 g/mol. The summed E-state index contributed by atoms with van der Waals surface area (Å²) in [5.74, 6) is 0.605. The van der Waals surface area contributed by atoms with E-state index in [0.29, 0.717) is 31.2 Å². The van der Waals surface area contributed by atoms with Gasteiger partial charge < -0.3 is 9.64 Å². The molecular weight excluding hydrogens is 331 g/mol. The van der Waals surface area contributed by atoms with Crippen LogP contribution in [0.3, 0.4) is 0 Å². The molecule has 138 valence electrons. The standard InChI is InChI=1S/C21H25FN2O2/c1-23(13-16-6-5-8-19(12-16)26-2)21(25)15-24(18-10-11-18)14-17-7-3-4-9-20(17)22/h3-9,12,18H,10-11,13-15H2,1-2H3. The number of methoxy groups -OCH3 is 1. The molecule has 1 fully saturated rings. The molecule has 0 atom stereocenters. The Morgan fingerprint density at radius 1 is 1.15 bits per heavy atom. The fourth-order valence-corrected chi connectivity index (χ4v) is 3.03. The Morgan fingerprint density at radius 2 is 1.92 bits per heavy atom. The molecule has 3 rings (SSSR count). The van der Waals surface area contributed by atoms with Crippen molar-refractivity contribution < 1.29 is 13.9 Å². The summed E-state index contributed by atoms with van der Waals surface area (Å²) < 4.78 is 19.2. The molecule has 4 nitrogen and oxygen atoms in total. The van der Waals surface area contributed by atoms with Gasteiger partial charge in [-0.1, -0.05) is 30.3 Å². The van der Waals surface area contributed by atoms with Crippen LogP contribution in [0, 0.1) is 5.82 Å². The van der Waals surface area contributed by atoms with Gasteiger partial charge in [0.1, 0.15) is 11.6 Å². The Hall–Kier alpha value is -2.40. The van der Waals surface area contributed by atoms with E-state index in [1.165, 1.54) is 6.07 Å². The number of carbonyl (C=O) groups is 1. The second-order valence-corrected chi connectivity index (χ2v) is 6.83. The van der Waals surface area contributed by atoms with Crippen molar-refractivity contribution in [1.29, 1.82) is 0 Å². The van der Waals surface area contributed by atoms with Crippen LogP contribution in [0.25, 0.3) is 0 Å². The van der Waals surface area contributed by atoms with Crippen molar-refractivity contribution in [2.45, 2.75) is 32.0 Å². The third kappa shape index (κ3) is 4.82. The molecule has 1 amide bonds. The van der Waals surface area contributed by atoms with Crippen molar-refractivity contribution in [1.82, 2.24) is 9.80 Å². The van der Waals surface area contributed by atoms with Crippen LogP contribution in [-0.2, 0) is 17.9 Å². The van der Waals surface area contributed by atoms with Crippen molar-refractivity contribution >= 4 is 5.91 Å². The van der Waals surface area contributed by atoms with Crippen LogP contribution >= 0.6 is 0 Å². The van der Waals surface area contributed by atoms with E-state index in [0.717, 1.165) is 24.2 Å². The minimum Gasteiger partial charge on any atom is -0.497 e. The Kier molecular flexibility index (Phi) is 5.89. The maximum atomic E-state index is 14.0. The van der Waals surface area contributed by atoms with E-state index in [1.807, 2.05) is 30.3 Å². The summed E-state index contributed by atoms with van der Waals surface area (Å²) in [6.07, 6.45) is 2.14. The molecule has 26 heavy (non-hydrogen) atoms. The summed E-state index contributed by atoms with van der Waals surface area (Å²) in [7, 11) is 3.43. The number of hydrogen-bond acceptors (Lipinski definition) is 3. The van der Waals surface area contributed by atoms with E-state index < -0.39 is 0 Å². The summed E-state index contributed by atoms with van der Waals surface area (Å²) in [5.41, 5.74) is 1.66. The molecular formula is C21H25FN2O2. The summed E-state index contributed by atoms with van der Waals surface area (Å²) >= 11 is 0. The molecule has 5 heteroatoms. The Balaban J connectivity index is 1.61. The maximum absolute atomic E-state index is 14.0. The van der Waals surface area contributed by atoms with Crippen LogP contribution in [0.1, 0.15) is 24.0 Å². The van der Waals surface area contributed by atoms with Gasteiger partial charge in [0.25, 0.3) is 0 Å². The monoisotopic (exact) mass is 356 g/mol. The Morgan fingerprint density at radius 3 is 2.62 bits per heavy atom. The normalized spacial score (nSPS) is 13.7. The van der Waals surface area contributed by atoms with Gasteiger partial charge in [0, 0.05) is 31.7 Å². The lowest BCUT2D eigenvalue weighted by molar-refractivity contribution is -0.132. The number of hydrogen-bond donors (Lipinski definition) is 0. The zero-order valence-electron chi connectivity index (χ0n) is 15.3. The summed E-state index contributed by atoms with van der Waals surface area (Å²) in [4.78, 5) is 16.5. The van der Waals surface area contributed by atoms with Crippen LogP contribution in [0.4, 0.5) is 4.39 Å². The largest absolute Gasteiger partial charge is 0.497 e. The molecule has 0 N–H and O–H groups in total. The second-order valence-electron chi connectivity index (χ2n) is 6.83. The van der Waals surface area contributed by atoms with Gasteiger partial charge >= 0.3 is 0 Å². The van der Waals surface area contributed by atoms with Gasteiger partial charge in [0.15, 0.2) is 0 Å². The van der Waals surface area contributed by atoms with Crippen LogP contribution < -0.4 is 4.74 Å². The highest BCUT2D eigenvalue weighted by Gasteiger charge is 2.31. The van der Waals surface area contributed by atoms with E-state index in [4.69, 9.17) is 4.74 Å². The highest BCUT2D eigenvalue weighted by atomic mass is 19.1. The number of rotatable bonds is 8. The molecule has 0 aromatic heterocycles. The number of benzene rings is 2. The Labute approximate surface area is 154 Å². The molecule has 1 saturated carbocycles. The zero-order valence-corrected chi connectivity index (χ0v) is 15.3. The van der Waals surface area contributed by atoms with Gasteiger partial charge in [-0.15, -0.1) is 0 Å². The fourth-order valence-electron chi connectivity index (χ4n) is 3.03. The predicted molar refractivity (Wildman–Crippen MR) is 99.3 cm³/mol. The molecule has 0 unspecified atom stereocenters. The number of likely N-dealkylation sites (N-methyl/N-ethyl adjacent to an activating group) is 1. The summed E-state index contributed by atoms with van der Waals surface area (Å²) in [6.45, 7) is 1.30. The van der Waals surface area contributed by atoms with Gasteiger partial charge in [-0.3, -0.25) is 9.69 Å². The van der Waals surface area contributed by atoms with E-state index in [-0.39, 0.29) is 11.7 Å². The smallest absolute Gasteiger partial charge is 0.236 e. The van der Waals surface area contributed by atoms with Crippen molar-refractivity contribution in [2.24, 2.45) is 0 Å². The SMILES string of the molecule is COc1cccc(CN(C)C(=O)CN(Cc2ccccc2F)C2CC2)c1. The molecule has 0 saturated heterocycles. The maximum Gasteiger partial charge on any atom is 0.236 e. The van der Waals surface area contributed by atoms with Crippen LogP contribution in [0.2, 0.25) is 0 Å². The third-order valence-corrected chi connectivity index (χ3v) is 4.71. The van der Waals surface area contributed by atoms with Crippen molar-refractivity contribution in [3.8, 4) is 5.75 Å². The first-order chi connectivity index (χ1) is 12.6. The number of amides is 1. The first-order valence-electron chi connectivity index (χ1n) is 8.91. The molecule has 0 spiro atoms. The summed E-state index contributed by atoms with van der Waals surface area (Å²) in [6, 6.07) is 14.9. The molecule has 0 heterocycles. The molecule has 0 aliphatic heterocycles. The second kappa shape index (κ2) is 8.32. The van der Waals surface area contributed by atoms with Crippen LogP contribution in [0.15, 0.2) is 48.5 Å². The highest BCUT2D eigenvalue weighted by Crippen LogP contribution is 2.28. The molecule has 0 radical (unpaired) electrons. The number of halogens is 1. The lowest BCUT2D eigenvalue weighted by Crippen LogP contribution is -2.39. The molecule has 0 bridgehead atoms. The quantitative estimate of drug-likeness (QED) is 0.726. The Bertz CT molecular complexity index is 761. The number of ether oxygens (including phenoxy) is 1. The minimum atomic E-state index is -0.213. The molecule has 2 aromatic carbocycles. The van der Waals surface area contributed by atoms with E-state index in [9.17, 15) is 9.18 Å². The van der Waals surface area contributed by atoms with Gasteiger partial charge in [0.05, 0.1) is 13.7 Å². The van der Waals surface area contributed by atoms with Crippen molar-refractivity contribution in [3.05, 3.63) is 65.5 Å². The van der Waals surface area contributed by atoms with Crippen molar-refractivity contribution in [3.63, 3.8) is 0 Å². The minimum absolute atomic E-state index is 0.0380. The first kappa shape index (κ1) is 18.4. The van der Waals surface area contributed by atoms with Crippen molar-refractivity contribution in [2.75, 3.05) is 20.7 Å². The van der Waals surface area contributed by atoms with E-state index in [1.54, 1.807) is 31.2 Å². The van der Waals surface area contributed by atoms with E-state index in [2.05, 4.69) is 4.90 Å². The van der Waals surface area contributed by atoms with Gasteiger partial charge in [-0.2, -0.15) is 0 Å². The number of carbonyl (C=O) groups excluding carboxylic acids is 1. The van der Waals surface area contributed by atoms with Crippen LogP contribution in [-0.4, -0.2) is 42.5 Å². The molecule has 1 aliphatic rings. The average Bonchev–Trinajstić information content (AvgIpc) is 3.48. The molecule has 1 aliphatic carbocycles. The highest BCUT2D eigenvalue weighted by molar-refractivity contribution is 5.78. The first-order valence-corrected chi connectivity index (χ1v) is 8.91. The van der Waals surface area contributed by atoms with Crippen LogP contribution in [0.5, 0.6) is 5.75 Å². The predicted octanol–water partition coefficient (Wildman–Crippen LogP) is 3.46. The summed E-state index contributed by atoms with van der Waals surface area (Å²) in [5, 5.41) is 0. The molecule has 2 aromatic rings. The van der Waals surface area contributed by atoms with Gasteiger partial charge in [0.2, 0.25) is 5.91 Å². The third-order valence-electron chi connectivity index (χ3n) is 4.71.